The number of carbonyl (C=O) groups is 2. The van der Waals surface area contributed by atoms with Crippen LogP contribution < -0.4 is 4.74 Å². The number of hydrogen-bond acceptors (Lipinski definition) is 8. The first-order valence-electron chi connectivity index (χ1n) is 6.61. The van der Waals surface area contributed by atoms with Gasteiger partial charge in [0.25, 0.3) is 0 Å². The second kappa shape index (κ2) is 8.79. The molecule has 126 valence electrons. The molecule has 2 aromatic rings. The number of nitrogens with zero attached hydrogens (tertiary/aromatic N) is 2. The van der Waals surface area contributed by atoms with E-state index in [4.69, 9.17) is 18.7 Å². The van der Waals surface area contributed by atoms with E-state index in [0.717, 1.165) is 0 Å². The number of hydrogen-bond donors (Lipinski definition) is 1. The lowest BCUT2D eigenvalue weighted by Crippen LogP contribution is -2.10. The molecule has 0 atom stereocenters. The van der Waals surface area contributed by atoms with E-state index in [1.807, 2.05) is 0 Å². The SMILES string of the molecule is CCOC(=O)c1conc1COc1[nH]ncc1C(=O)OCC.Cl. The predicted octanol–water partition coefficient (Wildman–Crippen LogP) is 1.75. The van der Waals surface area contributed by atoms with Crippen molar-refractivity contribution in [3.8, 4) is 5.88 Å². The number of aromatic amines is 1. The Kier molecular flexibility index (Phi) is 7.07. The molecule has 0 unspecified atom stereocenters. The van der Waals surface area contributed by atoms with Crippen molar-refractivity contribution in [2.45, 2.75) is 20.5 Å². The van der Waals surface area contributed by atoms with Gasteiger partial charge in [0.1, 0.15) is 29.7 Å². The van der Waals surface area contributed by atoms with Crippen LogP contribution in [0.5, 0.6) is 5.88 Å². The van der Waals surface area contributed by atoms with E-state index in [1.54, 1.807) is 13.8 Å². The van der Waals surface area contributed by atoms with Crippen LogP contribution in [0.2, 0.25) is 0 Å². The molecule has 0 aromatic carbocycles. The molecule has 0 aliphatic carbocycles. The summed E-state index contributed by atoms with van der Waals surface area (Å²) in [5, 5.41) is 9.94. The summed E-state index contributed by atoms with van der Waals surface area (Å²) >= 11 is 0. The molecule has 2 aromatic heterocycles. The monoisotopic (exact) mass is 345 g/mol. The molecule has 1 N–H and O–H groups in total. The summed E-state index contributed by atoms with van der Waals surface area (Å²) < 4.78 is 19.9. The van der Waals surface area contributed by atoms with Gasteiger partial charge in [-0.25, -0.2) is 14.7 Å². The van der Waals surface area contributed by atoms with Crippen molar-refractivity contribution in [1.29, 1.82) is 0 Å². The zero-order chi connectivity index (χ0) is 15.9. The van der Waals surface area contributed by atoms with Crippen LogP contribution in [0.3, 0.4) is 0 Å². The average Bonchev–Trinajstić information content (AvgIpc) is 3.14. The molecule has 0 spiro atoms. The van der Waals surface area contributed by atoms with Crippen molar-refractivity contribution < 1.29 is 28.3 Å². The number of esters is 2. The molecular weight excluding hydrogens is 330 g/mol. The summed E-state index contributed by atoms with van der Waals surface area (Å²) in [5.41, 5.74) is 0.574. The normalized spacial score (nSPS) is 9.83. The maximum absolute atomic E-state index is 11.7. The van der Waals surface area contributed by atoms with Crippen LogP contribution >= 0.6 is 12.4 Å². The van der Waals surface area contributed by atoms with E-state index < -0.39 is 11.9 Å². The van der Waals surface area contributed by atoms with Gasteiger partial charge < -0.3 is 18.7 Å². The maximum Gasteiger partial charge on any atom is 0.345 e. The summed E-state index contributed by atoms with van der Waals surface area (Å²) in [6.45, 7) is 3.76. The fraction of sp³-hybridized carbons (Fsp3) is 0.385. The van der Waals surface area contributed by atoms with Crippen molar-refractivity contribution in [2.24, 2.45) is 0 Å². The molecule has 0 aliphatic rings. The highest BCUT2D eigenvalue weighted by Gasteiger charge is 2.20. The Morgan fingerprint density at radius 2 is 1.83 bits per heavy atom. The van der Waals surface area contributed by atoms with Crippen LogP contribution in [-0.2, 0) is 16.1 Å². The van der Waals surface area contributed by atoms with Crippen LogP contribution in [0, 0.1) is 0 Å². The van der Waals surface area contributed by atoms with Gasteiger partial charge in [-0.05, 0) is 13.8 Å². The third-order valence-corrected chi connectivity index (χ3v) is 2.59. The van der Waals surface area contributed by atoms with E-state index in [9.17, 15) is 9.59 Å². The molecule has 2 heterocycles. The number of ether oxygens (including phenoxy) is 3. The maximum atomic E-state index is 11.7. The van der Waals surface area contributed by atoms with Gasteiger partial charge in [0.2, 0.25) is 5.88 Å². The minimum absolute atomic E-state index is 0. The van der Waals surface area contributed by atoms with Crippen molar-refractivity contribution in [3.63, 3.8) is 0 Å². The zero-order valence-corrected chi connectivity index (χ0v) is 13.3. The first kappa shape index (κ1) is 18.5. The van der Waals surface area contributed by atoms with Crippen LogP contribution in [-0.4, -0.2) is 40.5 Å². The largest absolute Gasteiger partial charge is 0.471 e. The average molecular weight is 346 g/mol. The van der Waals surface area contributed by atoms with E-state index in [1.165, 1.54) is 12.5 Å². The number of carbonyl (C=O) groups excluding carboxylic acids is 2. The summed E-state index contributed by atoms with van der Waals surface area (Å²) in [7, 11) is 0. The standard InChI is InChI=1S/C13H15N3O6.ClH/c1-3-19-12(17)8-5-14-15-11(8)21-7-10-9(6-22-16-10)13(18)20-4-2;/h5-6H,3-4,7H2,1-2H3,(H,14,15);1H. The van der Waals surface area contributed by atoms with E-state index in [-0.39, 0.29) is 54.9 Å². The van der Waals surface area contributed by atoms with Crippen molar-refractivity contribution >= 4 is 24.3 Å². The van der Waals surface area contributed by atoms with Gasteiger partial charge in [-0.3, -0.25) is 0 Å². The molecule has 0 amide bonds. The van der Waals surface area contributed by atoms with Crippen LogP contribution in [0.25, 0.3) is 0 Å². The van der Waals surface area contributed by atoms with Crippen LogP contribution in [0.15, 0.2) is 17.0 Å². The minimum atomic E-state index is -0.558. The first-order valence-corrected chi connectivity index (χ1v) is 6.61. The van der Waals surface area contributed by atoms with Gasteiger partial charge >= 0.3 is 11.9 Å². The van der Waals surface area contributed by atoms with E-state index >= 15 is 0 Å². The lowest BCUT2D eigenvalue weighted by molar-refractivity contribution is 0.0508. The smallest absolute Gasteiger partial charge is 0.345 e. The highest BCUT2D eigenvalue weighted by Crippen LogP contribution is 2.18. The van der Waals surface area contributed by atoms with Gasteiger partial charge in [0, 0.05) is 0 Å². The van der Waals surface area contributed by atoms with Crippen LogP contribution in [0.4, 0.5) is 0 Å². The molecule has 2 rings (SSSR count). The fourth-order valence-corrected chi connectivity index (χ4v) is 1.62. The number of nitrogens with one attached hydrogen (secondary N) is 1. The molecule has 23 heavy (non-hydrogen) atoms. The summed E-state index contributed by atoms with van der Waals surface area (Å²) in [4.78, 5) is 23.4. The summed E-state index contributed by atoms with van der Waals surface area (Å²) in [5.74, 6) is -0.995. The van der Waals surface area contributed by atoms with Gasteiger partial charge in [-0.1, -0.05) is 5.16 Å². The Hall–Kier alpha value is -2.55. The van der Waals surface area contributed by atoms with Crippen molar-refractivity contribution in [3.05, 3.63) is 29.3 Å². The minimum Gasteiger partial charge on any atom is -0.471 e. The van der Waals surface area contributed by atoms with Crippen molar-refractivity contribution in [2.75, 3.05) is 13.2 Å². The molecule has 10 heteroatoms. The van der Waals surface area contributed by atoms with E-state index in [2.05, 4.69) is 15.4 Å². The Morgan fingerprint density at radius 1 is 1.17 bits per heavy atom. The summed E-state index contributed by atoms with van der Waals surface area (Å²) in [6.07, 6.45) is 2.47. The molecular formula is C13H16ClN3O6. The van der Waals surface area contributed by atoms with Gasteiger partial charge in [-0.2, -0.15) is 5.10 Å². The van der Waals surface area contributed by atoms with Gasteiger partial charge in [0.15, 0.2) is 0 Å². The van der Waals surface area contributed by atoms with Gasteiger partial charge in [-0.15, -0.1) is 12.4 Å². The lowest BCUT2D eigenvalue weighted by Gasteiger charge is -2.05. The quantitative estimate of drug-likeness (QED) is 0.754. The third kappa shape index (κ3) is 4.46. The number of halogens is 1. The second-order valence-electron chi connectivity index (χ2n) is 4.02. The molecule has 0 radical (unpaired) electrons. The number of H-pyrrole nitrogens is 1. The highest BCUT2D eigenvalue weighted by molar-refractivity contribution is 5.91. The third-order valence-electron chi connectivity index (χ3n) is 2.59. The first-order chi connectivity index (χ1) is 10.7. The fourth-order valence-electron chi connectivity index (χ4n) is 1.62. The van der Waals surface area contributed by atoms with Gasteiger partial charge in [0.05, 0.1) is 19.4 Å². The number of rotatable bonds is 7. The van der Waals surface area contributed by atoms with Crippen LogP contribution in [0.1, 0.15) is 40.3 Å². The molecule has 0 saturated carbocycles. The zero-order valence-electron chi connectivity index (χ0n) is 12.5. The highest BCUT2D eigenvalue weighted by atomic mass is 35.5. The Bertz CT molecular complexity index is 597. The number of aromatic nitrogens is 3. The Labute approximate surface area is 137 Å². The molecule has 9 nitrogen and oxygen atoms in total. The summed E-state index contributed by atoms with van der Waals surface area (Å²) in [6, 6.07) is 0. The van der Waals surface area contributed by atoms with E-state index in [0.29, 0.717) is 0 Å². The van der Waals surface area contributed by atoms with Crippen molar-refractivity contribution in [1.82, 2.24) is 15.4 Å². The lowest BCUT2D eigenvalue weighted by atomic mass is 10.2. The molecule has 0 fully saturated rings. The molecule has 0 aliphatic heterocycles. The Balaban J connectivity index is 0.00000264. The Morgan fingerprint density at radius 3 is 2.48 bits per heavy atom. The molecule has 0 bridgehead atoms. The second-order valence-corrected chi connectivity index (χ2v) is 4.02. The molecule has 0 saturated heterocycles. The topological polar surface area (TPSA) is 117 Å². The predicted molar refractivity (Wildman–Crippen MR) is 78.6 cm³/mol.